The Kier molecular flexibility index (Phi) is 7.03. The molecule has 1 aromatic rings. The van der Waals surface area contributed by atoms with Crippen molar-refractivity contribution in [1.82, 2.24) is 5.43 Å². The molecule has 228 valence electrons. The molecule has 0 spiro atoms. The Morgan fingerprint density at radius 2 is 1.74 bits per heavy atom. The quantitative estimate of drug-likeness (QED) is 0.238. The number of benzene rings is 1. The zero-order valence-corrected chi connectivity index (χ0v) is 25.4. The average molecular weight is 579 g/mol. The molecular formula is C34H46N2O6. The van der Waals surface area contributed by atoms with E-state index in [4.69, 9.17) is 4.74 Å². The van der Waals surface area contributed by atoms with Crippen molar-refractivity contribution in [2.24, 2.45) is 33.7 Å². The van der Waals surface area contributed by atoms with Crippen LogP contribution in [0.15, 0.2) is 41.0 Å². The fourth-order valence-corrected chi connectivity index (χ4v) is 9.75. The van der Waals surface area contributed by atoms with E-state index in [0.29, 0.717) is 44.3 Å². The van der Waals surface area contributed by atoms with Crippen LogP contribution < -0.4 is 5.43 Å². The van der Waals surface area contributed by atoms with E-state index in [2.05, 4.69) is 38.2 Å². The molecule has 6 rings (SSSR count). The van der Waals surface area contributed by atoms with Crippen LogP contribution in [0.3, 0.4) is 0 Å². The molecule has 0 saturated heterocycles. The predicted molar refractivity (Wildman–Crippen MR) is 159 cm³/mol. The third-order valence-electron chi connectivity index (χ3n) is 12.1. The minimum Gasteiger partial charge on any atom is -0.458 e. The largest absolute Gasteiger partial charge is 0.458 e. The van der Waals surface area contributed by atoms with Gasteiger partial charge in [0.2, 0.25) is 0 Å². The molecule has 42 heavy (non-hydrogen) atoms. The van der Waals surface area contributed by atoms with Gasteiger partial charge in [0.05, 0.1) is 17.3 Å². The van der Waals surface area contributed by atoms with Crippen molar-refractivity contribution in [2.75, 3.05) is 6.61 Å². The van der Waals surface area contributed by atoms with Crippen molar-refractivity contribution in [3.05, 3.63) is 47.0 Å². The highest BCUT2D eigenvalue weighted by Gasteiger charge is 2.71. The lowest BCUT2D eigenvalue weighted by Gasteiger charge is -2.65. The van der Waals surface area contributed by atoms with Gasteiger partial charge in [0.15, 0.2) is 0 Å². The topological polar surface area (TPSA) is 128 Å². The van der Waals surface area contributed by atoms with Gasteiger partial charge in [0.1, 0.15) is 6.61 Å². The Labute approximate surface area is 248 Å². The van der Waals surface area contributed by atoms with Gasteiger partial charge in [0.25, 0.3) is 5.91 Å². The number of nitrogens with zero attached hydrogens (tertiary/aromatic N) is 1. The van der Waals surface area contributed by atoms with Gasteiger partial charge in [-0.05, 0) is 97.8 Å². The van der Waals surface area contributed by atoms with Crippen molar-refractivity contribution in [2.45, 2.75) is 108 Å². The van der Waals surface area contributed by atoms with Crippen LogP contribution in [0.5, 0.6) is 0 Å². The number of esters is 1. The van der Waals surface area contributed by atoms with Crippen LogP contribution in [0.2, 0.25) is 0 Å². The van der Waals surface area contributed by atoms with Crippen LogP contribution in [-0.2, 0) is 14.9 Å². The van der Waals surface area contributed by atoms with Crippen LogP contribution >= 0.6 is 0 Å². The minimum atomic E-state index is -1.18. The maximum absolute atomic E-state index is 13.0. The molecule has 0 unspecified atom stereocenters. The Balaban J connectivity index is 1.28. The number of carbonyl (C=O) groups excluding carboxylic acids is 2. The lowest BCUT2D eigenvalue weighted by molar-refractivity contribution is -0.237. The first kappa shape index (κ1) is 29.5. The molecule has 0 radical (unpaired) electrons. The van der Waals surface area contributed by atoms with Crippen LogP contribution in [0.25, 0.3) is 0 Å². The van der Waals surface area contributed by atoms with Crippen molar-refractivity contribution >= 4 is 18.1 Å². The summed E-state index contributed by atoms with van der Waals surface area (Å²) in [5, 5.41) is 39.8. The molecule has 5 aliphatic rings. The fourth-order valence-electron chi connectivity index (χ4n) is 9.75. The molecule has 4 aliphatic carbocycles. The van der Waals surface area contributed by atoms with Crippen LogP contribution in [0.1, 0.15) is 101 Å². The van der Waals surface area contributed by atoms with E-state index in [9.17, 15) is 24.9 Å². The fraction of sp³-hybridized carbons (Fsp3) is 0.676. The average Bonchev–Trinajstić information content (AvgIpc) is 3.48. The number of aliphatic hydroxyl groups excluding tert-OH is 1. The summed E-state index contributed by atoms with van der Waals surface area (Å²) in [6.07, 6.45) is 8.18. The molecule has 4 saturated carbocycles. The number of hydrazone groups is 1. The third kappa shape index (κ3) is 4.39. The Hall–Kier alpha value is -2.55. The molecule has 1 aromatic carbocycles. The summed E-state index contributed by atoms with van der Waals surface area (Å²) in [5.74, 6) is -0.656. The third-order valence-corrected chi connectivity index (χ3v) is 12.1. The van der Waals surface area contributed by atoms with E-state index in [1.165, 1.54) is 0 Å². The Morgan fingerprint density at radius 3 is 2.40 bits per heavy atom. The van der Waals surface area contributed by atoms with Gasteiger partial charge < -0.3 is 20.1 Å². The first-order valence-electron chi connectivity index (χ1n) is 15.7. The van der Waals surface area contributed by atoms with Gasteiger partial charge in [-0.3, -0.25) is 4.79 Å². The molecule has 1 aliphatic heterocycles. The van der Waals surface area contributed by atoms with Crippen molar-refractivity contribution < 1.29 is 29.6 Å². The zero-order chi connectivity index (χ0) is 30.1. The smallest absolute Gasteiger partial charge is 0.331 e. The highest BCUT2D eigenvalue weighted by Crippen LogP contribution is 2.70. The molecule has 8 nitrogen and oxygen atoms in total. The number of hydrogen-bond acceptors (Lipinski definition) is 7. The summed E-state index contributed by atoms with van der Waals surface area (Å²) in [6.45, 7) is 8.85. The van der Waals surface area contributed by atoms with Crippen molar-refractivity contribution in [3.63, 3.8) is 0 Å². The van der Waals surface area contributed by atoms with Gasteiger partial charge in [-0.1, -0.05) is 39.8 Å². The number of fused-ring (bicyclic) bond motifs is 5. The number of nitrogens with one attached hydrogen (secondary N) is 1. The monoisotopic (exact) mass is 578 g/mol. The number of carbonyl (C=O) groups is 2. The molecule has 1 heterocycles. The van der Waals surface area contributed by atoms with Crippen molar-refractivity contribution in [1.29, 1.82) is 0 Å². The normalized spacial score (nSPS) is 41.5. The summed E-state index contributed by atoms with van der Waals surface area (Å²) in [4.78, 5) is 24.9. The van der Waals surface area contributed by atoms with Gasteiger partial charge in [-0.25, -0.2) is 10.2 Å². The molecular weight excluding hydrogens is 532 g/mol. The first-order valence-corrected chi connectivity index (χ1v) is 15.7. The molecule has 0 aromatic heterocycles. The molecule has 8 atom stereocenters. The lowest BCUT2D eigenvalue weighted by atomic mass is 9.41. The SMILES string of the molecule is CC(C)(C)c1ccc(C(=O)N/N=C\[C@]23CC[C@@H](O)C[C@]2(O)CC[C@@H]2[C@@H]3CC[C@]3(C)[C@H](C4=CC(=O)OC4)CC[C@@]23O)cc1. The van der Waals surface area contributed by atoms with Crippen LogP contribution in [-0.4, -0.2) is 57.3 Å². The molecule has 8 heteroatoms. The van der Waals surface area contributed by atoms with Gasteiger partial charge in [-0.15, -0.1) is 0 Å². The van der Waals surface area contributed by atoms with E-state index >= 15 is 0 Å². The van der Waals surface area contributed by atoms with Crippen LogP contribution in [0.4, 0.5) is 0 Å². The number of hydrogen-bond donors (Lipinski definition) is 4. The van der Waals surface area contributed by atoms with E-state index in [1.54, 1.807) is 24.4 Å². The van der Waals surface area contributed by atoms with Gasteiger partial charge in [-0.2, -0.15) is 5.10 Å². The van der Waals surface area contributed by atoms with Gasteiger partial charge in [0, 0.05) is 35.1 Å². The van der Waals surface area contributed by atoms with E-state index in [0.717, 1.165) is 30.4 Å². The second-order valence-corrected chi connectivity index (χ2v) is 15.0. The van der Waals surface area contributed by atoms with Crippen molar-refractivity contribution in [3.8, 4) is 0 Å². The summed E-state index contributed by atoms with van der Waals surface area (Å²) in [7, 11) is 0. The number of aliphatic hydroxyl groups is 3. The zero-order valence-electron chi connectivity index (χ0n) is 25.4. The second kappa shape index (κ2) is 10.00. The maximum atomic E-state index is 13.0. The number of cyclic esters (lactones) is 1. The Morgan fingerprint density at radius 1 is 1.02 bits per heavy atom. The van der Waals surface area contributed by atoms with E-state index < -0.39 is 28.1 Å². The summed E-state index contributed by atoms with van der Waals surface area (Å²) >= 11 is 0. The van der Waals surface area contributed by atoms with E-state index in [-0.39, 0.29) is 41.5 Å². The summed E-state index contributed by atoms with van der Waals surface area (Å²) < 4.78 is 5.25. The second-order valence-electron chi connectivity index (χ2n) is 15.0. The molecule has 0 bridgehead atoms. The molecule has 4 N–H and O–H groups in total. The highest BCUT2D eigenvalue weighted by molar-refractivity contribution is 5.94. The van der Waals surface area contributed by atoms with Crippen LogP contribution in [0, 0.1) is 28.6 Å². The van der Waals surface area contributed by atoms with E-state index in [1.807, 2.05) is 12.1 Å². The first-order chi connectivity index (χ1) is 19.7. The standard InChI is InChI=1S/C34H46N2O6/c1-30(2,3)23-7-5-21(6-8-23)29(39)36-35-20-32-14-9-24(37)18-33(32,40)15-11-27-26(32)10-13-31(4)25(12-16-34(27,31)41)22-17-28(38)42-19-22/h5-8,17,20,24-27,37,40-41H,9-16,18-19H2,1-4H3,(H,36,39)/b35-20-/t24-,25+,26+,27-,31-,32+,33-,34-/m1/s1. The minimum absolute atomic E-state index is 0.0153. The molecule has 1 amide bonds. The number of rotatable bonds is 4. The highest BCUT2D eigenvalue weighted by atomic mass is 16.5. The predicted octanol–water partition coefficient (Wildman–Crippen LogP) is 4.41. The lowest BCUT2D eigenvalue weighted by Crippen LogP contribution is -2.68. The maximum Gasteiger partial charge on any atom is 0.331 e. The Bertz CT molecular complexity index is 1320. The number of ether oxygens (including phenoxy) is 1. The summed E-state index contributed by atoms with van der Waals surface area (Å²) in [5.41, 5.74) is 2.02. The van der Waals surface area contributed by atoms with Gasteiger partial charge >= 0.3 is 5.97 Å². The summed E-state index contributed by atoms with van der Waals surface area (Å²) in [6, 6.07) is 7.53. The number of amides is 1. The molecule has 4 fully saturated rings.